The Hall–Kier alpha value is -3.39. The number of hydrogen-bond acceptors (Lipinski definition) is 6. The summed E-state index contributed by atoms with van der Waals surface area (Å²) in [5.41, 5.74) is 6.52. The number of rotatable bonds is 7. The van der Waals surface area contributed by atoms with E-state index in [-0.39, 0.29) is 11.5 Å². The molecule has 8 heteroatoms. The predicted octanol–water partition coefficient (Wildman–Crippen LogP) is 2.13. The SMILES string of the molecule is COCCOc1ccc(C(=O)Nc2nc(-n3cccc3)ccc2N)nc1. The molecule has 0 aliphatic heterocycles. The van der Waals surface area contributed by atoms with Crippen molar-refractivity contribution in [2.24, 2.45) is 0 Å². The number of anilines is 2. The zero-order valence-corrected chi connectivity index (χ0v) is 14.3. The van der Waals surface area contributed by atoms with Crippen molar-refractivity contribution in [2.45, 2.75) is 0 Å². The second-order valence-corrected chi connectivity index (χ2v) is 5.37. The molecule has 0 atom stereocenters. The summed E-state index contributed by atoms with van der Waals surface area (Å²) in [6, 6.07) is 10.5. The van der Waals surface area contributed by atoms with E-state index in [4.69, 9.17) is 15.2 Å². The molecule has 0 saturated heterocycles. The summed E-state index contributed by atoms with van der Waals surface area (Å²) in [6.07, 6.45) is 5.19. The van der Waals surface area contributed by atoms with E-state index in [9.17, 15) is 4.79 Å². The van der Waals surface area contributed by atoms with Crippen molar-refractivity contribution in [3.63, 3.8) is 0 Å². The number of aromatic nitrogens is 3. The van der Waals surface area contributed by atoms with Crippen LogP contribution in [0.1, 0.15) is 10.5 Å². The van der Waals surface area contributed by atoms with Gasteiger partial charge in [-0.25, -0.2) is 9.97 Å². The van der Waals surface area contributed by atoms with Crippen molar-refractivity contribution in [3.8, 4) is 11.6 Å². The van der Waals surface area contributed by atoms with Gasteiger partial charge in [0.2, 0.25) is 0 Å². The van der Waals surface area contributed by atoms with Crippen LogP contribution in [0.2, 0.25) is 0 Å². The number of carbonyl (C=O) groups excluding carboxylic acids is 1. The molecule has 3 rings (SSSR count). The minimum Gasteiger partial charge on any atom is -0.490 e. The Morgan fingerprint density at radius 3 is 2.69 bits per heavy atom. The van der Waals surface area contributed by atoms with Gasteiger partial charge in [0.05, 0.1) is 18.5 Å². The second-order valence-electron chi connectivity index (χ2n) is 5.37. The van der Waals surface area contributed by atoms with Crippen LogP contribution in [0.5, 0.6) is 5.75 Å². The summed E-state index contributed by atoms with van der Waals surface area (Å²) >= 11 is 0. The minimum absolute atomic E-state index is 0.233. The highest BCUT2D eigenvalue weighted by Crippen LogP contribution is 2.19. The van der Waals surface area contributed by atoms with E-state index >= 15 is 0 Å². The first-order valence-electron chi connectivity index (χ1n) is 7.96. The molecular weight excluding hydrogens is 334 g/mol. The summed E-state index contributed by atoms with van der Waals surface area (Å²) in [4.78, 5) is 20.9. The number of nitrogens with zero attached hydrogens (tertiary/aromatic N) is 3. The Morgan fingerprint density at radius 2 is 2.00 bits per heavy atom. The Morgan fingerprint density at radius 1 is 1.19 bits per heavy atom. The van der Waals surface area contributed by atoms with Gasteiger partial charge in [-0.1, -0.05) is 0 Å². The smallest absolute Gasteiger partial charge is 0.275 e. The van der Waals surface area contributed by atoms with E-state index in [1.54, 1.807) is 31.4 Å². The number of nitrogens with two attached hydrogens (primary N) is 1. The Balaban J connectivity index is 1.70. The van der Waals surface area contributed by atoms with E-state index in [0.717, 1.165) is 0 Å². The average Bonchev–Trinajstić information content (AvgIpc) is 3.19. The molecule has 0 aliphatic rings. The average molecular weight is 353 g/mol. The van der Waals surface area contributed by atoms with E-state index in [1.807, 2.05) is 29.1 Å². The molecule has 3 N–H and O–H groups in total. The number of nitrogen functional groups attached to an aromatic ring is 1. The molecule has 26 heavy (non-hydrogen) atoms. The molecule has 0 spiro atoms. The van der Waals surface area contributed by atoms with Crippen LogP contribution >= 0.6 is 0 Å². The van der Waals surface area contributed by atoms with Crippen LogP contribution in [0, 0.1) is 0 Å². The summed E-state index contributed by atoms with van der Waals surface area (Å²) < 4.78 is 12.1. The number of carbonyl (C=O) groups is 1. The van der Waals surface area contributed by atoms with Crippen molar-refractivity contribution >= 4 is 17.4 Å². The van der Waals surface area contributed by atoms with Gasteiger partial charge in [0.25, 0.3) is 5.91 Å². The van der Waals surface area contributed by atoms with Crippen LogP contribution in [0.3, 0.4) is 0 Å². The Labute approximate surface area is 150 Å². The monoisotopic (exact) mass is 353 g/mol. The molecule has 0 saturated carbocycles. The Kier molecular flexibility index (Phi) is 5.45. The highest BCUT2D eigenvalue weighted by molar-refractivity contribution is 6.03. The van der Waals surface area contributed by atoms with Gasteiger partial charge in [-0.05, 0) is 36.4 Å². The van der Waals surface area contributed by atoms with E-state index < -0.39 is 5.91 Å². The van der Waals surface area contributed by atoms with Crippen molar-refractivity contribution in [2.75, 3.05) is 31.4 Å². The van der Waals surface area contributed by atoms with Crippen molar-refractivity contribution in [3.05, 3.63) is 60.7 Å². The molecule has 0 radical (unpaired) electrons. The molecule has 3 aromatic rings. The highest BCUT2D eigenvalue weighted by Gasteiger charge is 2.12. The molecule has 0 aliphatic carbocycles. The molecule has 0 unspecified atom stereocenters. The van der Waals surface area contributed by atoms with E-state index in [2.05, 4.69) is 15.3 Å². The predicted molar refractivity (Wildman–Crippen MR) is 97.5 cm³/mol. The van der Waals surface area contributed by atoms with Crippen molar-refractivity contribution in [1.29, 1.82) is 0 Å². The quantitative estimate of drug-likeness (QED) is 0.631. The molecule has 0 fully saturated rings. The Bertz CT molecular complexity index is 863. The second kappa shape index (κ2) is 8.13. The zero-order valence-electron chi connectivity index (χ0n) is 14.3. The van der Waals surface area contributed by atoms with E-state index in [1.165, 1.54) is 6.20 Å². The first-order valence-corrected chi connectivity index (χ1v) is 7.96. The van der Waals surface area contributed by atoms with Gasteiger partial charge in [0, 0.05) is 19.5 Å². The number of hydrogen-bond donors (Lipinski definition) is 2. The number of pyridine rings is 2. The van der Waals surface area contributed by atoms with Crippen LogP contribution < -0.4 is 15.8 Å². The van der Waals surface area contributed by atoms with Gasteiger partial charge in [-0.2, -0.15) is 0 Å². The fraction of sp³-hybridized carbons (Fsp3) is 0.167. The zero-order chi connectivity index (χ0) is 18.4. The first-order chi connectivity index (χ1) is 12.7. The van der Waals surface area contributed by atoms with E-state index in [0.29, 0.717) is 30.5 Å². The third kappa shape index (κ3) is 4.17. The van der Waals surface area contributed by atoms with Crippen LogP contribution in [0.15, 0.2) is 55.0 Å². The molecule has 3 aromatic heterocycles. The van der Waals surface area contributed by atoms with Gasteiger partial charge in [-0.3, -0.25) is 4.79 Å². The fourth-order valence-electron chi connectivity index (χ4n) is 2.21. The highest BCUT2D eigenvalue weighted by atomic mass is 16.5. The van der Waals surface area contributed by atoms with Gasteiger partial charge >= 0.3 is 0 Å². The maximum absolute atomic E-state index is 12.4. The van der Waals surface area contributed by atoms with Crippen molar-refractivity contribution in [1.82, 2.24) is 14.5 Å². The lowest BCUT2D eigenvalue weighted by molar-refractivity contribution is 0.102. The van der Waals surface area contributed by atoms with Crippen LogP contribution in [-0.2, 0) is 4.74 Å². The maximum Gasteiger partial charge on any atom is 0.275 e. The van der Waals surface area contributed by atoms with Crippen molar-refractivity contribution < 1.29 is 14.3 Å². The lowest BCUT2D eigenvalue weighted by atomic mass is 10.3. The number of amides is 1. The topological polar surface area (TPSA) is 104 Å². The van der Waals surface area contributed by atoms with Gasteiger partial charge in [-0.15, -0.1) is 0 Å². The summed E-state index contributed by atoms with van der Waals surface area (Å²) in [5.74, 6) is 1.08. The van der Waals surface area contributed by atoms with Crippen LogP contribution in [-0.4, -0.2) is 40.8 Å². The largest absolute Gasteiger partial charge is 0.490 e. The molecule has 0 aromatic carbocycles. The van der Waals surface area contributed by atoms with Gasteiger partial charge in [0.15, 0.2) is 5.82 Å². The van der Waals surface area contributed by atoms with Gasteiger partial charge in [0.1, 0.15) is 23.9 Å². The fourth-order valence-corrected chi connectivity index (χ4v) is 2.21. The standard InChI is InChI=1S/C18H19N5O3/c1-25-10-11-26-13-4-6-15(20-12-13)18(24)22-17-14(19)5-7-16(21-17)23-8-2-3-9-23/h2-9,12H,10-11,19H2,1H3,(H,21,22,24). The number of methoxy groups -OCH3 is 1. The normalized spacial score (nSPS) is 10.5. The molecule has 8 nitrogen and oxygen atoms in total. The van der Waals surface area contributed by atoms with Crippen LogP contribution in [0.4, 0.5) is 11.5 Å². The molecule has 134 valence electrons. The summed E-state index contributed by atoms with van der Waals surface area (Å²) in [7, 11) is 1.60. The number of ether oxygens (including phenoxy) is 2. The molecule has 0 bridgehead atoms. The van der Waals surface area contributed by atoms with Gasteiger partial charge < -0.3 is 25.1 Å². The molecular formula is C18H19N5O3. The lowest BCUT2D eigenvalue weighted by Crippen LogP contribution is -2.16. The lowest BCUT2D eigenvalue weighted by Gasteiger charge is -2.10. The summed E-state index contributed by atoms with van der Waals surface area (Å²) in [5, 5.41) is 2.69. The summed E-state index contributed by atoms with van der Waals surface area (Å²) in [6.45, 7) is 0.890. The maximum atomic E-state index is 12.4. The third-order valence-corrected chi connectivity index (χ3v) is 3.54. The third-order valence-electron chi connectivity index (χ3n) is 3.54. The van der Waals surface area contributed by atoms with Crippen LogP contribution in [0.25, 0.3) is 5.82 Å². The first kappa shape index (κ1) is 17.4. The molecule has 3 heterocycles. The molecule has 1 amide bonds. The number of nitrogens with one attached hydrogen (secondary N) is 1. The minimum atomic E-state index is -0.405.